The van der Waals surface area contributed by atoms with E-state index < -0.39 is 29.9 Å². The van der Waals surface area contributed by atoms with Crippen LogP contribution in [0.25, 0.3) is 0 Å². The summed E-state index contributed by atoms with van der Waals surface area (Å²) in [5.41, 5.74) is 6.76. The third kappa shape index (κ3) is 5.86. The van der Waals surface area contributed by atoms with Crippen LogP contribution in [0, 0.1) is 0 Å². The summed E-state index contributed by atoms with van der Waals surface area (Å²) in [5.74, 6) is -1.08. The Balaban J connectivity index is 1.26. The average Bonchev–Trinajstić information content (AvgIpc) is 3.57. The fourth-order valence-electron chi connectivity index (χ4n) is 7.95. The molecule has 43 heavy (non-hydrogen) atoms. The van der Waals surface area contributed by atoms with E-state index in [1.54, 1.807) is 6.92 Å². The van der Waals surface area contributed by atoms with E-state index in [1.807, 2.05) is 91.0 Å². The first-order chi connectivity index (χ1) is 20.9. The van der Waals surface area contributed by atoms with Crippen molar-refractivity contribution in [1.29, 1.82) is 0 Å². The maximum Gasteiger partial charge on any atom is 0.348 e. The van der Waals surface area contributed by atoms with E-state index in [-0.39, 0.29) is 6.10 Å². The van der Waals surface area contributed by atoms with Crippen LogP contribution >= 0.6 is 0 Å². The molecule has 0 amide bonds. The van der Waals surface area contributed by atoms with Crippen LogP contribution in [0.4, 0.5) is 0 Å². The van der Waals surface area contributed by atoms with Crippen molar-refractivity contribution in [2.75, 3.05) is 13.1 Å². The Labute approximate surface area is 254 Å². The van der Waals surface area contributed by atoms with E-state index >= 15 is 0 Å². The molecule has 2 unspecified atom stereocenters. The van der Waals surface area contributed by atoms with Gasteiger partial charge in [0.25, 0.3) is 0 Å². The highest BCUT2D eigenvalue weighted by Gasteiger charge is 2.57. The zero-order valence-corrected chi connectivity index (χ0v) is 25.0. The van der Waals surface area contributed by atoms with Crippen molar-refractivity contribution in [1.82, 2.24) is 0 Å². The lowest BCUT2D eigenvalue weighted by molar-refractivity contribution is -0.956. The van der Waals surface area contributed by atoms with Gasteiger partial charge in [-0.15, -0.1) is 0 Å². The second kappa shape index (κ2) is 12.6. The molecule has 0 aliphatic carbocycles. The lowest BCUT2D eigenvalue weighted by Gasteiger charge is -2.47. The lowest BCUT2D eigenvalue weighted by atomic mass is 9.85. The summed E-state index contributed by atoms with van der Waals surface area (Å²) >= 11 is 0. The van der Waals surface area contributed by atoms with Crippen LogP contribution in [-0.4, -0.2) is 60.0 Å². The normalized spacial score (nSPS) is 23.9. The first-order valence-corrected chi connectivity index (χ1v) is 15.8. The predicted octanol–water partition coefficient (Wildman–Crippen LogP) is 5.25. The highest BCUT2D eigenvalue weighted by Crippen LogP contribution is 2.47. The van der Waals surface area contributed by atoms with Crippen molar-refractivity contribution >= 4 is 11.9 Å². The molecule has 3 fully saturated rings. The second-order valence-electron chi connectivity index (χ2n) is 12.5. The molecule has 7 heteroatoms. The number of hydrogen-bond donors (Lipinski definition) is 1. The third-order valence-corrected chi connectivity index (χ3v) is 9.90. The van der Waals surface area contributed by atoms with Crippen molar-refractivity contribution in [3.05, 3.63) is 108 Å². The summed E-state index contributed by atoms with van der Waals surface area (Å²) in [5, 5.41) is 0. The molecule has 3 aliphatic heterocycles. The molecule has 0 aromatic heterocycles. The smallest absolute Gasteiger partial charge is 0.348 e. The van der Waals surface area contributed by atoms with Gasteiger partial charge < -0.3 is 24.4 Å². The van der Waals surface area contributed by atoms with Gasteiger partial charge in [-0.25, -0.2) is 4.79 Å². The van der Waals surface area contributed by atoms with E-state index in [4.69, 9.17) is 19.9 Å². The van der Waals surface area contributed by atoms with E-state index in [2.05, 4.69) is 0 Å². The van der Waals surface area contributed by atoms with Gasteiger partial charge in [0.15, 0.2) is 0 Å². The zero-order chi connectivity index (χ0) is 29.9. The molecule has 2 bridgehead atoms. The Morgan fingerprint density at radius 1 is 0.837 bits per heavy atom. The van der Waals surface area contributed by atoms with Crippen molar-refractivity contribution in [2.45, 2.75) is 88.0 Å². The van der Waals surface area contributed by atoms with E-state index in [0.29, 0.717) is 29.6 Å². The highest BCUT2D eigenvalue weighted by molar-refractivity contribution is 5.86. The zero-order valence-electron chi connectivity index (χ0n) is 25.0. The monoisotopic (exact) mass is 583 g/mol. The molecule has 3 aromatic carbocycles. The third-order valence-electron chi connectivity index (χ3n) is 9.90. The minimum absolute atomic E-state index is 0.179. The minimum Gasteiger partial charge on any atom is -0.459 e. The Bertz CT molecular complexity index is 1320. The number of piperidine rings is 1. The van der Waals surface area contributed by atoms with E-state index in [9.17, 15) is 9.59 Å². The summed E-state index contributed by atoms with van der Waals surface area (Å²) < 4.78 is 20.0. The Kier molecular flexibility index (Phi) is 8.66. The Morgan fingerprint density at radius 2 is 1.35 bits per heavy atom. The quantitative estimate of drug-likeness (QED) is 0.199. The summed E-state index contributed by atoms with van der Waals surface area (Å²) in [6.45, 7) is 4.14. The molecule has 3 aliphatic rings. The van der Waals surface area contributed by atoms with Crippen LogP contribution in [0.3, 0.4) is 0 Å². The number of quaternary nitrogens is 1. The molecule has 226 valence electrons. The minimum atomic E-state index is -1.64. The van der Waals surface area contributed by atoms with Gasteiger partial charge in [0.1, 0.15) is 12.1 Å². The number of rotatable bonds is 10. The molecule has 0 saturated carbocycles. The number of benzene rings is 3. The molecule has 3 aromatic rings. The first kappa shape index (κ1) is 29.5. The van der Waals surface area contributed by atoms with Gasteiger partial charge in [-0.1, -0.05) is 91.0 Å². The first-order valence-electron chi connectivity index (χ1n) is 15.8. The predicted molar refractivity (Wildman–Crippen MR) is 164 cm³/mol. The summed E-state index contributed by atoms with van der Waals surface area (Å²) in [6.07, 6.45) is 5.82. The molecule has 3 saturated heterocycles. The van der Waals surface area contributed by atoms with Crippen LogP contribution in [0.15, 0.2) is 91.0 Å². The number of esters is 2. The van der Waals surface area contributed by atoms with Gasteiger partial charge in [-0.2, -0.15) is 0 Å². The van der Waals surface area contributed by atoms with E-state index in [1.165, 1.54) is 43.3 Å². The van der Waals surface area contributed by atoms with Gasteiger partial charge >= 0.3 is 11.9 Å². The van der Waals surface area contributed by atoms with Crippen LogP contribution < -0.4 is 5.73 Å². The van der Waals surface area contributed by atoms with Gasteiger partial charge in [-0.3, -0.25) is 4.79 Å². The number of carbonyl (C=O) groups excluding carboxylic acids is 2. The topological polar surface area (TPSA) is 87.9 Å². The number of nitrogens with zero attached hydrogens (tertiary/aromatic N) is 1. The van der Waals surface area contributed by atoms with Crippen molar-refractivity contribution in [2.24, 2.45) is 5.73 Å². The summed E-state index contributed by atoms with van der Waals surface area (Å²) in [6, 6.07) is 28.5. The fraction of sp³-hybridized carbons (Fsp3) is 0.444. The second-order valence-corrected chi connectivity index (χ2v) is 12.5. The largest absolute Gasteiger partial charge is 0.459 e. The molecule has 0 radical (unpaired) electrons. The molecule has 2 N–H and O–H groups in total. The Morgan fingerprint density at radius 3 is 1.88 bits per heavy atom. The number of nitrogens with two attached hydrogens (primary N) is 1. The maximum absolute atomic E-state index is 14.6. The summed E-state index contributed by atoms with van der Waals surface area (Å²) in [7, 11) is 0. The van der Waals surface area contributed by atoms with Crippen molar-refractivity contribution in [3.63, 3.8) is 0 Å². The van der Waals surface area contributed by atoms with Gasteiger partial charge in [0.2, 0.25) is 11.9 Å². The number of carbonyl (C=O) groups is 2. The van der Waals surface area contributed by atoms with Crippen molar-refractivity contribution in [3.8, 4) is 0 Å². The van der Waals surface area contributed by atoms with Crippen LogP contribution in [-0.2, 0) is 35.8 Å². The van der Waals surface area contributed by atoms with Gasteiger partial charge in [-0.05, 0) is 30.0 Å². The number of hydrogen-bond acceptors (Lipinski definition) is 6. The number of ether oxygens (including phenoxy) is 3. The Hall–Kier alpha value is -3.52. The van der Waals surface area contributed by atoms with Crippen LogP contribution in [0.2, 0.25) is 0 Å². The average molecular weight is 584 g/mol. The molecular formula is C36H43N2O5+. The van der Waals surface area contributed by atoms with Gasteiger partial charge in [0.05, 0.1) is 25.2 Å². The molecule has 3 heterocycles. The van der Waals surface area contributed by atoms with Crippen LogP contribution in [0.5, 0.6) is 0 Å². The standard InChI is InChI=1S/C36H43N2O5/c1-26(41-34(39)33(37)23-27-13-5-2-6-14-27)43-36(28-15-7-3-8-16-28,29-17-9-4-10-18-29)35(40)42-32-24-30-19-20-31(25-32)38(30)21-11-12-22-38/h2-10,13-18,26,30-33H,11-12,19-25,37H2,1H3/q+1/t26-,30?,31?,32?,33+/m1/s1. The molecule has 6 rings (SSSR count). The van der Waals surface area contributed by atoms with E-state index in [0.717, 1.165) is 18.4 Å². The van der Waals surface area contributed by atoms with Gasteiger partial charge in [0, 0.05) is 38.5 Å². The SMILES string of the molecule is C[C@H](OC(=O)[C@@H](N)Cc1ccccc1)OC(C(=O)OC1CC2CCC(C1)[N+]21CCCC1)(c1ccccc1)c1ccccc1. The molecular weight excluding hydrogens is 540 g/mol. The van der Waals surface area contributed by atoms with Crippen LogP contribution in [0.1, 0.15) is 62.1 Å². The molecule has 4 atom stereocenters. The molecule has 1 spiro atoms. The highest BCUT2D eigenvalue weighted by atomic mass is 16.7. The summed E-state index contributed by atoms with van der Waals surface area (Å²) in [4.78, 5) is 27.6. The fourth-order valence-corrected chi connectivity index (χ4v) is 7.95. The van der Waals surface area contributed by atoms with Crippen molar-refractivity contribution < 1.29 is 28.3 Å². The molecule has 7 nitrogen and oxygen atoms in total. The maximum atomic E-state index is 14.6. The lowest BCUT2D eigenvalue weighted by Crippen LogP contribution is -2.60.